The van der Waals surface area contributed by atoms with Crippen molar-refractivity contribution >= 4 is 16.7 Å². The molecule has 0 fully saturated rings. The van der Waals surface area contributed by atoms with Crippen molar-refractivity contribution in [3.63, 3.8) is 0 Å². The minimum absolute atomic E-state index is 0.0206. The van der Waals surface area contributed by atoms with Crippen molar-refractivity contribution < 1.29 is 9.13 Å². The number of hydrogen-bond acceptors (Lipinski definition) is 4. The fourth-order valence-electron chi connectivity index (χ4n) is 2.25. The Labute approximate surface area is 128 Å². The second kappa shape index (κ2) is 6.39. The number of ether oxygens (including phenoxy) is 1. The van der Waals surface area contributed by atoms with Crippen LogP contribution in [0.15, 0.2) is 48.7 Å². The first-order valence-electron chi connectivity index (χ1n) is 7.04. The van der Waals surface area contributed by atoms with E-state index >= 15 is 0 Å². The zero-order valence-electron chi connectivity index (χ0n) is 12.2. The van der Waals surface area contributed by atoms with E-state index in [0.29, 0.717) is 11.3 Å². The Morgan fingerprint density at radius 1 is 1.18 bits per heavy atom. The third-order valence-corrected chi connectivity index (χ3v) is 3.32. The van der Waals surface area contributed by atoms with E-state index < -0.39 is 6.67 Å². The molecule has 112 valence electrons. The average molecular weight is 297 g/mol. The standard InChI is InChI=1S/C17H16FN3O/c1-19-13-5-2-4-12(10-13)15-11-20-17-14(21-15)6-3-7-16(17)22-9-8-18/h2-7,10-11,19H,8-9H2,1H3. The maximum atomic E-state index is 12.3. The van der Waals surface area contributed by atoms with Gasteiger partial charge in [-0.05, 0) is 24.3 Å². The molecule has 1 heterocycles. The molecule has 0 amide bonds. The van der Waals surface area contributed by atoms with Gasteiger partial charge in [-0.15, -0.1) is 0 Å². The van der Waals surface area contributed by atoms with Crippen LogP contribution in [0, 0.1) is 0 Å². The summed E-state index contributed by atoms with van der Waals surface area (Å²) in [5, 5.41) is 3.10. The van der Waals surface area contributed by atoms with Crippen LogP contribution in [-0.2, 0) is 0 Å². The number of nitrogens with one attached hydrogen (secondary N) is 1. The maximum Gasteiger partial charge on any atom is 0.147 e. The molecule has 0 atom stereocenters. The Balaban J connectivity index is 2.02. The van der Waals surface area contributed by atoms with Gasteiger partial charge in [0.1, 0.15) is 24.5 Å². The average Bonchev–Trinajstić information content (AvgIpc) is 2.59. The molecular weight excluding hydrogens is 281 g/mol. The number of alkyl halides is 1. The van der Waals surface area contributed by atoms with Gasteiger partial charge in [0.25, 0.3) is 0 Å². The molecule has 0 saturated carbocycles. The highest BCUT2D eigenvalue weighted by molar-refractivity contribution is 5.83. The third-order valence-electron chi connectivity index (χ3n) is 3.32. The van der Waals surface area contributed by atoms with E-state index in [-0.39, 0.29) is 6.61 Å². The van der Waals surface area contributed by atoms with Crippen molar-refractivity contribution in [1.82, 2.24) is 9.97 Å². The number of para-hydroxylation sites is 1. The summed E-state index contributed by atoms with van der Waals surface area (Å²) < 4.78 is 17.6. The van der Waals surface area contributed by atoms with E-state index in [1.807, 2.05) is 43.4 Å². The zero-order valence-corrected chi connectivity index (χ0v) is 12.2. The Morgan fingerprint density at radius 3 is 2.86 bits per heavy atom. The summed E-state index contributed by atoms with van der Waals surface area (Å²) in [6, 6.07) is 13.4. The highest BCUT2D eigenvalue weighted by atomic mass is 19.1. The van der Waals surface area contributed by atoms with Crippen LogP contribution in [0.25, 0.3) is 22.3 Å². The van der Waals surface area contributed by atoms with Crippen molar-refractivity contribution in [3.8, 4) is 17.0 Å². The minimum Gasteiger partial charge on any atom is -0.489 e. The predicted molar refractivity (Wildman–Crippen MR) is 86.0 cm³/mol. The van der Waals surface area contributed by atoms with E-state index in [4.69, 9.17) is 4.74 Å². The molecule has 3 rings (SSSR count). The molecule has 5 heteroatoms. The monoisotopic (exact) mass is 297 g/mol. The minimum atomic E-state index is -0.529. The fourth-order valence-corrected chi connectivity index (χ4v) is 2.25. The van der Waals surface area contributed by atoms with Crippen LogP contribution < -0.4 is 10.1 Å². The first-order valence-corrected chi connectivity index (χ1v) is 7.04. The van der Waals surface area contributed by atoms with Gasteiger partial charge in [0.05, 0.1) is 17.4 Å². The van der Waals surface area contributed by atoms with Crippen LogP contribution in [0.4, 0.5) is 10.1 Å². The Kier molecular flexibility index (Phi) is 4.14. The van der Waals surface area contributed by atoms with E-state index in [2.05, 4.69) is 15.3 Å². The van der Waals surface area contributed by atoms with E-state index in [9.17, 15) is 4.39 Å². The number of hydrogen-bond donors (Lipinski definition) is 1. The number of fused-ring (bicyclic) bond motifs is 1. The molecule has 0 aliphatic heterocycles. The molecular formula is C17H16FN3O. The van der Waals surface area contributed by atoms with Crippen LogP contribution in [0.5, 0.6) is 5.75 Å². The lowest BCUT2D eigenvalue weighted by Crippen LogP contribution is -2.00. The lowest BCUT2D eigenvalue weighted by atomic mass is 10.1. The first-order chi connectivity index (χ1) is 10.8. The Morgan fingerprint density at radius 2 is 2.05 bits per heavy atom. The number of aromatic nitrogens is 2. The molecule has 0 saturated heterocycles. The second-order valence-electron chi connectivity index (χ2n) is 4.75. The van der Waals surface area contributed by atoms with Crippen LogP contribution in [0.2, 0.25) is 0 Å². The highest BCUT2D eigenvalue weighted by Gasteiger charge is 2.07. The molecule has 2 aromatic carbocycles. The van der Waals surface area contributed by atoms with Crippen molar-refractivity contribution in [1.29, 1.82) is 0 Å². The topological polar surface area (TPSA) is 47.0 Å². The summed E-state index contributed by atoms with van der Waals surface area (Å²) in [4.78, 5) is 9.06. The molecule has 22 heavy (non-hydrogen) atoms. The van der Waals surface area contributed by atoms with Gasteiger partial charge in [0.2, 0.25) is 0 Å². The maximum absolute atomic E-state index is 12.3. The molecule has 0 aliphatic carbocycles. The van der Waals surface area contributed by atoms with Gasteiger partial charge < -0.3 is 10.1 Å². The van der Waals surface area contributed by atoms with Crippen LogP contribution >= 0.6 is 0 Å². The lowest BCUT2D eigenvalue weighted by molar-refractivity contribution is 0.275. The number of nitrogens with zero attached hydrogens (tertiary/aromatic N) is 2. The van der Waals surface area contributed by atoms with Gasteiger partial charge >= 0.3 is 0 Å². The van der Waals surface area contributed by atoms with Crippen LogP contribution in [0.3, 0.4) is 0 Å². The third kappa shape index (κ3) is 2.83. The van der Waals surface area contributed by atoms with Gasteiger partial charge in [0.15, 0.2) is 0 Å². The van der Waals surface area contributed by atoms with Gasteiger partial charge in [-0.3, -0.25) is 0 Å². The first kappa shape index (κ1) is 14.3. The second-order valence-corrected chi connectivity index (χ2v) is 4.75. The fraction of sp³-hybridized carbons (Fsp3) is 0.176. The van der Waals surface area contributed by atoms with Crippen LogP contribution in [0.1, 0.15) is 0 Å². The predicted octanol–water partition coefficient (Wildman–Crippen LogP) is 3.69. The highest BCUT2D eigenvalue weighted by Crippen LogP contribution is 2.26. The molecule has 0 aliphatic rings. The van der Waals surface area contributed by atoms with Gasteiger partial charge in [0, 0.05) is 18.3 Å². The van der Waals surface area contributed by atoms with Gasteiger partial charge in [-0.25, -0.2) is 14.4 Å². The van der Waals surface area contributed by atoms with E-state index in [1.54, 1.807) is 12.3 Å². The van der Waals surface area contributed by atoms with E-state index in [0.717, 1.165) is 22.5 Å². The normalized spacial score (nSPS) is 10.6. The summed E-state index contributed by atoms with van der Waals surface area (Å²) in [6.07, 6.45) is 1.71. The largest absolute Gasteiger partial charge is 0.489 e. The number of halogens is 1. The lowest BCUT2D eigenvalue weighted by Gasteiger charge is -2.08. The van der Waals surface area contributed by atoms with Crippen molar-refractivity contribution in [2.24, 2.45) is 0 Å². The van der Waals surface area contributed by atoms with Crippen molar-refractivity contribution in [2.45, 2.75) is 0 Å². The Bertz CT molecular complexity index is 792. The quantitative estimate of drug-likeness (QED) is 0.780. The molecule has 0 spiro atoms. The molecule has 0 bridgehead atoms. The number of anilines is 1. The molecule has 1 aromatic heterocycles. The summed E-state index contributed by atoms with van der Waals surface area (Å²) in [7, 11) is 1.87. The van der Waals surface area contributed by atoms with Gasteiger partial charge in [-0.2, -0.15) is 0 Å². The molecule has 3 aromatic rings. The smallest absolute Gasteiger partial charge is 0.147 e. The molecule has 0 unspecified atom stereocenters. The number of benzene rings is 2. The molecule has 1 N–H and O–H groups in total. The molecule has 0 radical (unpaired) electrons. The van der Waals surface area contributed by atoms with Gasteiger partial charge in [-0.1, -0.05) is 18.2 Å². The van der Waals surface area contributed by atoms with Crippen molar-refractivity contribution in [2.75, 3.05) is 25.6 Å². The van der Waals surface area contributed by atoms with Crippen LogP contribution in [-0.4, -0.2) is 30.3 Å². The van der Waals surface area contributed by atoms with E-state index in [1.165, 1.54) is 0 Å². The summed E-state index contributed by atoms with van der Waals surface area (Å²) in [6.45, 7) is -0.508. The van der Waals surface area contributed by atoms with Crippen molar-refractivity contribution in [3.05, 3.63) is 48.7 Å². The summed E-state index contributed by atoms with van der Waals surface area (Å²) >= 11 is 0. The number of rotatable bonds is 5. The zero-order chi connectivity index (χ0) is 15.4. The summed E-state index contributed by atoms with van der Waals surface area (Å²) in [5.41, 5.74) is 4.15. The molecule has 4 nitrogen and oxygen atoms in total. The summed E-state index contributed by atoms with van der Waals surface area (Å²) in [5.74, 6) is 0.554. The Hall–Kier alpha value is -2.69. The SMILES string of the molecule is CNc1cccc(-c2cnc3c(OCCF)cccc3n2)c1.